The molecule has 3 nitrogen and oxygen atoms in total. The molecule has 1 atom stereocenters. The molecule has 1 amide bonds. The summed E-state index contributed by atoms with van der Waals surface area (Å²) in [4.78, 5) is 11.8. The van der Waals surface area contributed by atoms with Gasteiger partial charge in [-0.05, 0) is 12.1 Å². The summed E-state index contributed by atoms with van der Waals surface area (Å²) in [6, 6.07) is 7.03. The highest BCUT2D eigenvalue weighted by Crippen LogP contribution is 2.21. The number of fused-ring (bicyclic) bond motifs is 1. The number of carbonyl (C=O) groups excluding carboxylic acids is 1. The van der Waals surface area contributed by atoms with Gasteiger partial charge in [0.2, 0.25) is 0 Å². The van der Waals surface area contributed by atoms with Crippen LogP contribution in [-0.4, -0.2) is 5.91 Å². The molecule has 0 bridgehead atoms. The van der Waals surface area contributed by atoms with Crippen molar-refractivity contribution in [3.05, 3.63) is 35.0 Å². The highest BCUT2D eigenvalue weighted by atomic mass is 32.2. The van der Waals surface area contributed by atoms with Crippen molar-refractivity contribution >= 4 is 17.9 Å². The zero-order chi connectivity index (χ0) is 7.84. The summed E-state index contributed by atoms with van der Waals surface area (Å²) in [5, 5.41) is 10.8. The van der Waals surface area contributed by atoms with Gasteiger partial charge in [-0.15, -0.1) is 0 Å². The van der Waals surface area contributed by atoms with E-state index in [0.29, 0.717) is 5.56 Å². The standard InChI is InChI=1S/C7H5NO2S/c9-7-5-3-1-2-4-6(5)11-8(7)10/h1-4,8H. The third-order valence-corrected chi connectivity index (χ3v) is 2.47. The Bertz CT molecular complexity index is 313. The van der Waals surface area contributed by atoms with Crippen LogP contribution in [0.15, 0.2) is 29.2 Å². The second kappa shape index (κ2) is 2.34. The Morgan fingerprint density at radius 3 is 2.82 bits per heavy atom. The maximum Gasteiger partial charge on any atom is 0.357 e. The predicted octanol–water partition coefficient (Wildman–Crippen LogP) is 0.230. The fraction of sp³-hybridized carbons (Fsp3) is 0. The Balaban J connectivity index is 2.55. The summed E-state index contributed by atoms with van der Waals surface area (Å²) in [7, 11) is 0. The summed E-state index contributed by atoms with van der Waals surface area (Å²) in [5.41, 5.74) is 0.544. The first-order valence-corrected chi connectivity index (χ1v) is 3.96. The van der Waals surface area contributed by atoms with Crippen LogP contribution in [-0.2, 0) is 0 Å². The van der Waals surface area contributed by atoms with Gasteiger partial charge >= 0.3 is 5.91 Å². The minimum Gasteiger partial charge on any atom is -0.613 e. The Hall–Kier alpha value is -0.840. The van der Waals surface area contributed by atoms with Crippen LogP contribution in [0.1, 0.15) is 10.4 Å². The van der Waals surface area contributed by atoms with E-state index in [4.69, 9.17) is 0 Å². The molecule has 11 heavy (non-hydrogen) atoms. The van der Waals surface area contributed by atoms with Crippen molar-refractivity contribution in [1.82, 2.24) is 0 Å². The molecule has 1 heterocycles. The number of nitrogens with one attached hydrogen (secondary N) is 1. The molecule has 56 valence electrons. The summed E-state index contributed by atoms with van der Waals surface area (Å²) in [6.45, 7) is 0. The van der Waals surface area contributed by atoms with Gasteiger partial charge in [-0.3, -0.25) is 0 Å². The Morgan fingerprint density at radius 1 is 1.36 bits per heavy atom. The molecule has 1 aromatic rings. The monoisotopic (exact) mass is 167 g/mol. The lowest BCUT2D eigenvalue weighted by atomic mass is 10.2. The molecule has 0 aromatic heterocycles. The minimum absolute atomic E-state index is 0.369. The SMILES string of the molecule is O=C1c2ccccc2S[NH+]1[O-]. The number of rotatable bonds is 0. The molecule has 0 fully saturated rings. The molecule has 1 unspecified atom stereocenters. The number of carbonyl (C=O) groups is 1. The second-order valence-electron chi connectivity index (χ2n) is 2.21. The molecular weight excluding hydrogens is 162 g/mol. The lowest BCUT2D eigenvalue weighted by Crippen LogP contribution is -3.01. The zero-order valence-corrected chi connectivity index (χ0v) is 6.35. The first kappa shape index (κ1) is 6.84. The fourth-order valence-electron chi connectivity index (χ4n) is 0.999. The summed E-state index contributed by atoms with van der Waals surface area (Å²) >= 11 is 1.01. The number of quaternary nitrogens is 1. The normalized spacial score (nSPS) is 21.9. The molecule has 4 heteroatoms. The van der Waals surface area contributed by atoms with E-state index in [0.717, 1.165) is 16.8 Å². The largest absolute Gasteiger partial charge is 0.613 e. The molecule has 2 rings (SSSR count). The van der Waals surface area contributed by atoms with E-state index in [1.165, 1.54) is 0 Å². The van der Waals surface area contributed by atoms with Crippen LogP contribution < -0.4 is 4.47 Å². The summed E-state index contributed by atoms with van der Waals surface area (Å²) < 4.78 is -0.369. The molecule has 0 radical (unpaired) electrons. The van der Waals surface area contributed by atoms with Gasteiger partial charge in [-0.25, -0.2) is 9.26 Å². The summed E-state index contributed by atoms with van der Waals surface area (Å²) in [6.07, 6.45) is 0. The van der Waals surface area contributed by atoms with Gasteiger partial charge in [0.1, 0.15) is 11.9 Å². The van der Waals surface area contributed by atoms with Crippen molar-refractivity contribution in [3.63, 3.8) is 0 Å². The molecule has 1 aliphatic rings. The smallest absolute Gasteiger partial charge is 0.357 e. The van der Waals surface area contributed by atoms with Crippen LogP contribution in [0.4, 0.5) is 0 Å². The third kappa shape index (κ3) is 0.956. The quantitative estimate of drug-likeness (QED) is 0.444. The van der Waals surface area contributed by atoms with Gasteiger partial charge in [0, 0.05) is 0 Å². The highest BCUT2D eigenvalue weighted by molar-refractivity contribution is 7.93. The minimum atomic E-state index is -0.370. The average molecular weight is 167 g/mol. The Morgan fingerprint density at radius 2 is 2.09 bits per heavy atom. The van der Waals surface area contributed by atoms with Gasteiger partial charge in [0.05, 0.1) is 10.5 Å². The molecule has 1 aromatic carbocycles. The van der Waals surface area contributed by atoms with Gasteiger partial charge in [0.15, 0.2) is 0 Å². The van der Waals surface area contributed by atoms with Crippen LogP contribution in [0.25, 0.3) is 0 Å². The lowest BCUT2D eigenvalue weighted by Gasteiger charge is -2.06. The van der Waals surface area contributed by atoms with Crippen LogP contribution in [0.3, 0.4) is 0 Å². The van der Waals surface area contributed by atoms with Crippen LogP contribution in [0.2, 0.25) is 0 Å². The van der Waals surface area contributed by atoms with E-state index in [1.807, 2.05) is 6.07 Å². The number of hydroxylamine groups is 1. The average Bonchev–Trinajstić information content (AvgIpc) is 2.30. The van der Waals surface area contributed by atoms with E-state index in [9.17, 15) is 10.0 Å². The van der Waals surface area contributed by atoms with Crippen molar-refractivity contribution in [3.8, 4) is 0 Å². The first-order valence-electron chi connectivity index (χ1n) is 3.14. The lowest BCUT2D eigenvalue weighted by molar-refractivity contribution is -0.588. The highest BCUT2D eigenvalue weighted by Gasteiger charge is 2.28. The number of hydrogen-bond donors (Lipinski definition) is 1. The fourth-order valence-corrected chi connectivity index (χ4v) is 1.82. The molecule has 0 aliphatic carbocycles. The van der Waals surface area contributed by atoms with Gasteiger partial charge in [-0.2, -0.15) is 0 Å². The first-order chi connectivity index (χ1) is 5.29. The molecule has 0 saturated carbocycles. The van der Waals surface area contributed by atoms with Crippen LogP contribution in [0, 0.1) is 5.21 Å². The van der Waals surface area contributed by atoms with E-state index in [1.54, 1.807) is 18.2 Å². The number of benzene rings is 1. The van der Waals surface area contributed by atoms with E-state index < -0.39 is 0 Å². The zero-order valence-electron chi connectivity index (χ0n) is 5.53. The molecule has 0 saturated heterocycles. The topological polar surface area (TPSA) is 44.6 Å². The second-order valence-corrected chi connectivity index (χ2v) is 3.23. The van der Waals surface area contributed by atoms with Crippen molar-refractivity contribution < 1.29 is 9.26 Å². The van der Waals surface area contributed by atoms with Crippen molar-refractivity contribution in [2.24, 2.45) is 0 Å². The van der Waals surface area contributed by atoms with Gasteiger partial charge < -0.3 is 5.21 Å². The van der Waals surface area contributed by atoms with E-state index >= 15 is 0 Å². The summed E-state index contributed by atoms with van der Waals surface area (Å²) in [5.74, 6) is -0.370. The maximum atomic E-state index is 11.0. The van der Waals surface area contributed by atoms with Crippen LogP contribution in [0.5, 0.6) is 0 Å². The molecular formula is C7H5NO2S. The third-order valence-electron chi connectivity index (χ3n) is 1.52. The van der Waals surface area contributed by atoms with Crippen molar-refractivity contribution in [2.45, 2.75) is 4.90 Å². The van der Waals surface area contributed by atoms with E-state index in [-0.39, 0.29) is 10.4 Å². The van der Waals surface area contributed by atoms with Gasteiger partial charge in [0.25, 0.3) is 0 Å². The maximum absolute atomic E-state index is 11.0. The van der Waals surface area contributed by atoms with Gasteiger partial charge in [-0.1, -0.05) is 12.1 Å². The van der Waals surface area contributed by atoms with Crippen molar-refractivity contribution in [1.29, 1.82) is 0 Å². The molecule has 1 aliphatic heterocycles. The number of amides is 1. The van der Waals surface area contributed by atoms with E-state index in [2.05, 4.69) is 0 Å². The van der Waals surface area contributed by atoms with Crippen molar-refractivity contribution in [2.75, 3.05) is 0 Å². The van der Waals surface area contributed by atoms with Crippen LogP contribution >= 0.6 is 11.9 Å². The Kier molecular flexibility index (Phi) is 1.45. The number of hydrogen-bond acceptors (Lipinski definition) is 3. The predicted molar refractivity (Wildman–Crippen MR) is 41.0 cm³/mol. The Labute approximate surface area is 67.7 Å². The molecule has 0 spiro atoms. The molecule has 1 N–H and O–H groups in total.